The second-order valence-electron chi connectivity index (χ2n) is 11.7. The number of carbonyl (C=O) groups is 1. The van der Waals surface area contributed by atoms with E-state index in [4.69, 9.17) is 31.2 Å². The number of carbonyl (C=O) groups excluding carboxylic acids is 1. The van der Waals surface area contributed by atoms with Gasteiger partial charge in [-0.15, -0.1) is 10.2 Å². The maximum absolute atomic E-state index is 12.3. The van der Waals surface area contributed by atoms with E-state index >= 15 is 0 Å². The van der Waals surface area contributed by atoms with Crippen LogP contribution < -0.4 is 4.74 Å². The van der Waals surface area contributed by atoms with Gasteiger partial charge in [0.1, 0.15) is 18.7 Å². The van der Waals surface area contributed by atoms with E-state index in [1.54, 1.807) is 12.3 Å². The summed E-state index contributed by atoms with van der Waals surface area (Å²) in [4.78, 5) is 17.1. The average Bonchev–Trinajstić information content (AvgIpc) is 3.99. The lowest BCUT2D eigenvalue weighted by Gasteiger charge is -2.25. The van der Waals surface area contributed by atoms with E-state index in [1.165, 1.54) is 32.7 Å². The van der Waals surface area contributed by atoms with Gasteiger partial charge in [0.05, 0.1) is 30.1 Å². The predicted octanol–water partition coefficient (Wildman–Crippen LogP) is 6.51. The summed E-state index contributed by atoms with van der Waals surface area (Å²) in [6, 6.07) is 21.1. The molecule has 2 N–H and O–H groups in total. The lowest BCUT2D eigenvalue weighted by atomic mass is 9.84. The topological polar surface area (TPSA) is 175 Å². The number of aromatic nitrogens is 11. The number of hydrogen-bond donors (Lipinski definition) is 2. The van der Waals surface area contributed by atoms with Crippen molar-refractivity contribution in [1.29, 1.82) is 0 Å². The Labute approximate surface area is 291 Å². The number of benzene rings is 3. The number of aromatic amines is 2. The first-order valence-electron chi connectivity index (χ1n) is 16.1. The van der Waals surface area contributed by atoms with Gasteiger partial charge in [0, 0.05) is 22.7 Å². The van der Waals surface area contributed by atoms with Crippen LogP contribution in [0.3, 0.4) is 0 Å². The monoisotopic (exact) mass is 689 g/mol. The summed E-state index contributed by atoms with van der Waals surface area (Å²) < 4.78 is 13.2. The highest BCUT2D eigenvalue weighted by atomic mass is 35.5. The number of ether oxygens (including phenoxy) is 2. The zero-order valence-corrected chi connectivity index (χ0v) is 27.8. The first kappa shape index (κ1) is 32.5. The first-order valence-corrected chi connectivity index (χ1v) is 16.4. The molecule has 7 aromatic rings. The second-order valence-corrected chi connectivity index (χ2v) is 12.1. The predicted molar refractivity (Wildman–Crippen MR) is 184 cm³/mol. The molecule has 0 saturated heterocycles. The molecule has 252 valence electrons. The SMILES string of the molecule is COC(=O)c1ccc(-c2ccc(Cl)cc2)c(COc2ccc(-c3cnc4c(-c5nnn[nH]5)cnn4c3C3CCCCC3)cc2)c1.c1nnn[nH]1. The van der Waals surface area contributed by atoms with Crippen molar-refractivity contribution in [3.63, 3.8) is 0 Å². The van der Waals surface area contributed by atoms with E-state index in [9.17, 15) is 4.79 Å². The van der Waals surface area contributed by atoms with Gasteiger partial charge in [-0.2, -0.15) is 5.10 Å². The number of fused-ring (bicyclic) bond motifs is 1. The first-order chi connectivity index (χ1) is 24.6. The molecular formula is C35H32ClN11O3. The van der Waals surface area contributed by atoms with E-state index in [1.807, 2.05) is 59.2 Å². The molecule has 0 bridgehead atoms. The molecule has 0 amide bonds. The van der Waals surface area contributed by atoms with Gasteiger partial charge in [-0.05, 0) is 92.3 Å². The summed E-state index contributed by atoms with van der Waals surface area (Å²) in [6.07, 6.45) is 10.9. The molecule has 4 heterocycles. The highest BCUT2D eigenvalue weighted by Crippen LogP contribution is 2.39. The van der Waals surface area contributed by atoms with Crippen molar-refractivity contribution >= 4 is 23.2 Å². The van der Waals surface area contributed by atoms with Crippen molar-refractivity contribution in [2.24, 2.45) is 0 Å². The Balaban J connectivity index is 0.000000722. The van der Waals surface area contributed by atoms with Crippen molar-refractivity contribution in [3.8, 4) is 39.4 Å². The normalized spacial score (nSPS) is 13.1. The molecule has 0 spiro atoms. The fourth-order valence-electron chi connectivity index (χ4n) is 6.27. The van der Waals surface area contributed by atoms with Crippen LogP contribution in [0.2, 0.25) is 5.02 Å². The number of H-pyrrole nitrogens is 2. The molecule has 1 saturated carbocycles. The second kappa shape index (κ2) is 15.0. The smallest absolute Gasteiger partial charge is 0.337 e. The molecule has 1 aliphatic rings. The van der Waals surface area contributed by atoms with E-state index < -0.39 is 5.97 Å². The molecular weight excluding hydrogens is 658 g/mol. The maximum atomic E-state index is 12.3. The lowest BCUT2D eigenvalue weighted by Crippen LogP contribution is -2.12. The van der Waals surface area contributed by atoms with Crippen LogP contribution in [0.15, 0.2) is 85.5 Å². The molecule has 8 rings (SSSR count). The molecule has 0 unspecified atom stereocenters. The molecule has 50 heavy (non-hydrogen) atoms. The van der Waals surface area contributed by atoms with E-state index in [-0.39, 0.29) is 6.61 Å². The molecule has 3 aromatic carbocycles. The third-order valence-corrected chi connectivity index (χ3v) is 8.92. The Bertz CT molecular complexity index is 2150. The molecule has 0 atom stereocenters. The summed E-state index contributed by atoms with van der Waals surface area (Å²) in [5.41, 5.74) is 7.96. The van der Waals surface area contributed by atoms with Crippen molar-refractivity contribution in [3.05, 3.63) is 107 Å². The Morgan fingerprint density at radius 1 is 0.900 bits per heavy atom. The third kappa shape index (κ3) is 7.05. The standard InChI is InChI=1S/C34H30ClN7O3.CH2N4/c1-44-34(43)24-11-16-28(21-7-12-26(35)13-8-21)25(17-24)20-45-27-14-9-22(10-15-27)29-18-36-33-30(32-38-40-41-39-32)19-37-42(33)31(29)23-5-3-2-4-6-23;1-2-4-5-3-1/h7-19,23H,2-6,20H2,1H3,(H,38,39,40,41);1H,(H,2,3,4,5). The van der Waals surface area contributed by atoms with E-state index in [0.717, 1.165) is 57.6 Å². The minimum absolute atomic E-state index is 0.259. The van der Waals surface area contributed by atoms with Gasteiger partial charge < -0.3 is 9.47 Å². The van der Waals surface area contributed by atoms with Crippen molar-refractivity contribution < 1.29 is 14.3 Å². The Hall–Kier alpha value is -6.02. The number of hydrogen-bond acceptors (Lipinski definition) is 11. The fourth-order valence-corrected chi connectivity index (χ4v) is 6.40. The van der Waals surface area contributed by atoms with Crippen LogP contribution in [-0.4, -0.2) is 68.9 Å². The van der Waals surface area contributed by atoms with Crippen LogP contribution in [0, 0.1) is 0 Å². The van der Waals surface area contributed by atoms with Crippen LogP contribution in [0.1, 0.15) is 59.6 Å². The molecule has 4 aromatic heterocycles. The third-order valence-electron chi connectivity index (χ3n) is 8.67. The van der Waals surface area contributed by atoms with Gasteiger partial charge in [-0.25, -0.2) is 24.5 Å². The highest BCUT2D eigenvalue weighted by molar-refractivity contribution is 6.30. The molecule has 0 radical (unpaired) electrons. The quantitative estimate of drug-likeness (QED) is 0.166. The minimum atomic E-state index is -0.399. The molecule has 1 aliphatic carbocycles. The summed E-state index contributed by atoms with van der Waals surface area (Å²) in [5.74, 6) is 1.21. The maximum Gasteiger partial charge on any atom is 0.337 e. The van der Waals surface area contributed by atoms with Gasteiger partial charge in [0.2, 0.25) is 0 Å². The summed E-state index contributed by atoms with van der Waals surface area (Å²) in [7, 11) is 1.37. The number of rotatable bonds is 8. The summed E-state index contributed by atoms with van der Waals surface area (Å²) in [5, 5.41) is 31.8. The fraction of sp³-hybridized carbons (Fsp3) is 0.229. The van der Waals surface area contributed by atoms with E-state index in [0.29, 0.717) is 28.1 Å². The van der Waals surface area contributed by atoms with Crippen molar-refractivity contribution in [2.75, 3.05) is 7.11 Å². The van der Waals surface area contributed by atoms with Gasteiger partial charge in [-0.3, -0.25) is 0 Å². The Morgan fingerprint density at radius 2 is 1.68 bits per heavy atom. The van der Waals surface area contributed by atoms with E-state index in [2.05, 4.69) is 53.4 Å². The summed E-state index contributed by atoms with van der Waals surface area (Å²) in [6.45, 7) is 0.259. The van der Waals surface area contributed by atoms with Crippen LogP contribution in [0.25, 0.3) is 39.3 Å². The number of methoxy groups -OCH3 is 1. The number of nitrogens with zero attached hydrogens (tertiary/aromatic N) is 9. The van der Waals surface area contributed by atoms with Crippen LogP contribution >= 0.6 is 11.6 Å². The van der Waals surface area contributed by atoms with Gasteiger partial charge >= 0.3 is 5.97 Å². The molecule has 14 nitrogen and oxygen atoms in total. The van der Waals surface area contributed by atoms with Crippen molar-refractivity contribution in [2.45, 2.75) is 44.6 Å². The zero-order chi connectivity index (χ0) is 34.3. The van der Waals surface area contributed by atoms with Gasteiger partial charge in [-0.1, -0.05) is 61.2 Å². The molecule has 0 aliphatic heterocycles. The minimum Gasteiger partial charge on any atom is -0.489 e. The van der Waals surface area contributed by atoms with Crippen LogP contribution in [-0.2, 0) is 11.3 Å². The number of esters is 1. The number of halogens is 1. The summed E-state index contributed by atoms with van der Waals surface area (Å²) >= 11 is 6.12. The molecule has 15 heteroatoms. The highest BCUT2D eigenvalue weighted by Gasteiger charge is 2.25. The average molecular weight is 690 g/mol. The Morgan fingerprint density at radius 3 is 2.36 bits per heavy atom. The largest absolute Gasteiger partial charge is 0.489 e. The van der Waals surface area contributed by atoms with Crippen molar-refractivity contribution in [1.82, 2.24) is 55.8 Å². The van der Waals surface area contributed by atoms with Gasteiger partial charge in [0.15, 0.2) is 11.5 Å². The Kier molecular flexibility index (Phi) is 9.78. The number of nitrogens with one attached hydrogen (secondary N) is 2. The lowest BCUT2D eigenvalue weighted by molar-refractivity contribution is 0.0600. The van der Waals surface area contributed by atoms with Crippen LogP contribution in [0.5, 0.6) is 5.75 Å². The zero-order valence-electron chi connectivity index (χ0n) is 27.0. The van der Waals surface area contributed by atoms with Crippen LogP contribution in [0.4, 0.5) is 0 Å². The number of tetrazole rings is 2. The molecule has 1 fully saturated rings. The van der Waals surface area contributed by atoms with Gasteiger partial charge in [0.25, 0.3) is 0 Å².